The third-order valence-corrected chi connectivity index (χ3v) is 3.51. The summed E-state index contributed by atoms with van der Waals surface area (Å²) < 4.78 is 15.5. The molecule has 0 aromatic carbocycles. The van der Waals surface area contributed by atoms with Crippen LogP contribution in [0.5, 0.6) is 11.8 Å². The quantitative estimate of drug-likeness (QED) is 0.628. The molecule has 1 saturated heterocycles. The van der Waals surface area contributed by atoms with Gasteiger partial charge in [-0.15, -0.1) is 0 Å². The van der Waals surface area contributed by atoms with Crippen LogP contribution in [0.3, 0.4) is 0 Å². The number of nitrogens with two attached hydrogens (primary N) is 1. The monoisotopic (exact) mass is 325 g/mol. The molecule has 2 heterocycles. The number of methoxy groups -OCH3 is 2. The number of rotatable bonds is 8. The van der Waals surface area contributed by atoms with Gasteiger partial charge in [-0.3, -0.25) is 9.69 Å². The first-order valence-corrected chi connectivity index (χ1v) is 7.49. The second-order valence-corrected chi connectivity index (χ2v) is 5.04. The minimum atomic E-state index is -0.697. The second-order valence-electron chi connectivity index (χ2n) is 5.04. The molecule has 0 radical (unpaired) electrons. The molecule has 1 fully saturated rings. The van der Waals surface area contributed by atoms with E-state index >= 15 is 0 Å². The number of carbonyl (C=O) groups excluding carboxylic acids is 1. The van der Waals surface area contributed by atoms with Crippen LogP contribution in [0.1, 0.15) is 16.8 Å². The number of hydrogen-bond acceptors (Lipinski definition) is 8. The fraction of sp³-hybridized carbons (Fsp3) is 0.643. The van der Waals surface area contributed by atoms with E-state index in [2.05, 4.69) is 20.2 Å². The standard InChI is InChI=1S/C14H23N5O4/c1-21-12-10(11(15)20)13(22-2)18-14(17-12)16-4-3-5-19-6-8-23-9-7-19/h3-9H2,1-2H3,(H2,15,20)(H,16,17,18). The molecule has 1 aromatic heterocycles. The highest BCUT2D eigenvalue weighted by Crippen LogP contribution is 2.25. The molecular formula is C14H23N5O4. The predicted octanol–water partition coefficient (Wildman–Crippen LogP) is -0.273. The first-order chi connectivity index (χ1) is 11.2. The van der Waals surface area contributed by atoms with Gasteiger partial charge >= 0.3 is 0 Å². The third kappa shape index (κ3) is 4.67. The van der Waals surface area contributed by atoms with Gasteiger partial charge in [0.25, 0.3) is 5.91 Å². The largest absolute Gasteiger partial charge is 0.480 e. The van der Waals surface area contributed by atoms with Crippen molar-refractivity contribution < 1.29 is 19.0 Å². The maximum absolute atomic E-state index is 11.5. The van der Waals surface area contributed by atoms with Crippen LogP contribution in [0.4, 0.5) is 5.95 Å². The van der Waals surface area contributed by atoms with Gasteiger partial charge < -0.3 is 25.3 Å². The number of ether oxygens (including phenoxy) is 3. The highest BCUT2D eigenvalue weighted by molar-refractivity contribution is 5.97. The highest BCUT2D eigenvalue weighted by atomic mass is 16.5. The minimum Gasteiger partial charge on any atom is -0.480 e. The molecule has 2 rings (SSSR count). The maximum atomic E-state index is 11.5. The van der Waals surface area contributed by atoms with Crippen LogP contribution in [0.25, 0.3) is 0 Å². The lowest BCUT2D eigenvalue weighted by Gasteiger charge is -2.26. The molecule has 1 aliphatic rings. The van der Waals surface area contributed by atoms with Gasteiger partial charge in [0.15, 0.2) is 5.56 Å². The number of amides is 1. The first-order valence-electron chi connectivity index (χ1n) is 7.49. The number of hydrogen-bond donors (Lipinski definition) is 2. The van der Waals surface area contributed by atoms with E-state index in [0.717, 1.165) is 39.3 Å². The number of nitrogens with zero attached hydrogens (tertiary/aromatic N) is 3. The van der Waals surface area contributed by atoms with Crippen molar-refractivity contribution in [3.63, 3.8) is 0 Å². The van der Waals surface area contributed by atoms with Crippen molar-refractivity contribution in [1.29, 1.82) is 0 Å². The molecule has 9 heteroatoms. The average Bonchev–Trinajstić information content (AvgIpc) is 2.58. The van der Waals surface area contributed by atoms with Crippen LogP contribution in [-0.2, 0) is 4.74 Å². The Labute approximate surface area is 135 Å². The third-order valence-electron chi connectivity index (χ3n) is 3.51. The number of nitrogens with one attached hydrogen (secondary N) is 1. The summed E-state index contributed by atoms with van der Waals surface area (Å²) in [7, 11) is 2.83. The zero-order valence-electron chi connectivity index (χ0n) is 13.5. The average molecular weight is 325 g/mol. The summed E-state index contributed by atoms with van der Waals surface area (Å²) >= 11 is 0. The Bertz CT molecular complexity index is 509. The van der Waals surface area contributed by atoms with E-state index in [4.69, 9.17) is 19.9 Å². The molecule has 1 aliphatic heterocycles. The normalized spacial score (nSPS) is 15.2. The van der Waals surface area contributed by atoms with Crippen LogP contribution in [-0.4, -0.2) is 74.4 Å². The van der Waals surface area contributed by atoms with Crippen LogP contribution >= 0.6 is 0 Å². The second kappa shape index (κ2) is 8.49. The Balaban J connectivity index is 1.93. The number of carbonyl (C=O) groups is 1. The predicted molar refractivity (Wildman–Crippen MR) is 84.0 cm³/mol. The Morgan fingerprint density at radius 2 is 1.87 bits per heavy atom. The molecule has 0 saturated carbocycles. The van der Waals surface area contributed by atoms with E-state index in [1.807, 2.05) is 0 Å². The van der Waals surface area contributed by atoms with Crippen LogP contribution in [0.2, 0.25) is 0 Å². The molecule has 0 aliphatic carbocycles. The Morgan fingerprint density at radius 1 is 1.26 bits per heavy atom. The highest BCUT2D eigenvalue weighted by Gasteiger charge is 2.20. The van der Waals surface area contributed by atoms with Gasteiger partial charge in [0, 0.05) is 19.6 Å². The van der Waals surface area contributed by atoms with E-state index in [0.29, 0.717) is 12.5 Å². The van der Waals surface area contributed by atoms with E-state index in [9.17, 15) is 4.79 Å². The van der Waals surface area contributed by atoms with Crippen molar-refractivity contribution in [2.24, 2.45) is 5.73 Å². The van der Waals surface area contributed by atoms with Gasteiger partial charge in [0.2, 0.25) is 17.7 Å². The molecule has 128 valence electrons. The van der Waals surface area contributed by atoms with Crippen molar-refractivity contribution >= 4 is 11.9 Å². The van der Waals surface area contributed by atoms with Gasteiger partial charge in [-0.25, -0.2) is 0 Å². The Hall–Kier alpha value is -2.13. The van der Waals surface area contributed by atoms with Crippen LogP contribution < -0.4 is 20.5 Å². The smallest absolute Gasteiger partial charge is 0.259 e. The summed E-state index contributed by atoms with van der Waals surface area (Å²) in [6.45, 7) is 5.18. The Kier molecular flexibility index (Phi) is 6.36. The summed E-state index contributed by atoms with van der Waals surface area (Å²) in [6.07, 6.45) is 0.936. The van der Waals surface area contributed by atoms with Crippen LogP contribution in [0.15, 0.2) is 0 Å². The van der Waals surface area contributed by atoms with Gasteiger partial charge in [0.05, 0.1) is 27.4 Å². The lowest BCUT2D eigenvalue weighted by molar-refractivity contribution is 0.0378. The van der Waals surface area contributed by atoms with E-state index < -0.39 is 5.91 Å². The molecule has 0 bridgehead atoms. The Morgan fingerprint density at radius 3 is 2.39 bits per heavy atom. The molecule has 3 N–H and O–H groups in total. The lowest BCUT2D eigenvalue weighted by atomic mass is 10.3. The van der Waals surface area contributed by atoms with Gasteiger partial charge in [-0.2, -0.15) is 9.97 Å². The van der Waals surface area contributed by atoms with Crippen molar-refractivity contribution in [1.82, 2.24) is 14.9 Å². The molecule has 0 spiro atoms. The first kappa shape index (κ1) is 17.2. The SMILES string of the molecule is COc1nc(NCCCN2CCOCC2)nc(OC)c1C(N)=O. The number of primary amides is 1. The van der Waals surface area contributed by atoms with Crippen molar-refractivity contribution in [2.45, 2.75) is 6.42 Å². The zero-order chi connectivity index (χ0) is 16.7. The van der Waals surface area contributed by atoms with E-state index in [1.165, 1.54) is 14.2 Å². The topological polar surface area (TPSA) is 112 Å². The summed E-state index contributed by atoms with van der Waals surface area (Å²) in [5, 5.41) is 3.11. The number of anilines is 1. The van der Waals surface area contributed by atoms with Crippen molar-refractivity contribution in [3.8, 4) is 11.8 Å². The molecular weight excluding hydrogens is 302 g/mol. The molecule has 1 amide bonds. The van der Waals surface area contributed by atoms with E-state index in [-0.39, 0.29) is 17.3 Å². The van der Waals surface area contributed by atoms with Crippen LogP contribution in [0, 0.1) is 0 Å². The summed E-state index contributed by atoms with van der Waals surface area (Å²) in [5.41, 5.74) is 5.34. The summed E-state index contributed by atoms with van der Waals surface area (Å²) in [4.78, 5) is 22.1. The van der Waals surface area contributed by atoms with E-state index in [1.54, 1.807) is 0 Å². The molecule has 9 nitrogen and oxygen atoms in total. The van der Waals surface area contributed by atoms with Gasteiger partial charge in [0.1, 0.15) is 0 Å². The fourth-order valence-electron chi connectivity index (χ4n) is 2.33. The molecule has 23 heavy (non-hydrogen) atoms. The lowest BCUT2D eigenvalue weighted by Crippen LogP contribution is -2.37. The summed E-state index contributed by atoms with van der Waals surface area (Å²) in [6, 6.07) is 0. The van der Waals surface area contributed by atoms with Crippen molar-refractivity contribution in [3.05, 3.63) is 5.56 Å². The molecule has 0 unspecified atom stereocenters. The van der Waals surface area contributed by atoms with Gasteiger partial charge in [-0.05, 0) is 13.0 Å². The molecule has 1 aromatic rings. The molecule has 0 atom stereocenters. The maximum Gasteiger partial charge on any atom is 0.259 e. The zero-order valence-corrected chi connectivity index (χ0v) is 13.5. The van der Waals surface area contributed by atoms with Crippen molar-refractivity contribution in [2.75, 3.05) is 58.9 Å². The summed E-state index contributed by atoms with van der Waals surface area (Å²) in [5.74, 6) is -0.164. The number of morpholine rings is 1. The fourth-order valence-corrected chi connectivity index (χ4v) is 2.33. The number of aromatic nitrogens is 2. The minimum absolute atomic E-state index is 0.0360. The van der Waals surface area contributed by atoms with Gasteiger partial charge in [-0.1, -0.05) is 0 Å².